The predicted octanol–water partition coefficient (Wildman–Crippen LogP) is 1.82. The first kappa shape index (κ1) is 22.1. The van der Waals surface area contributed by atoms with Crippen molar-refractivity contribution in [3.63, 3.8) is 0 Å². The van der Waals surface area contributed by atoms with Gasteiger partial charge >= 0.3 is 11.9 Å². The molecule has 0 saturated carbocycles. The number of phenolic OH excluding ortho intramolecular Hbond substituents is 4. The summed E-state index contributed by atoms with van der Waals surface area (Å²) in [7, 11) is -4.35. The fourth-order valence-electron chi connectivity index (χ4n) is 2.81. The van der Waals surface area contributed by atoms with Crippen molar-refractivity contribution in [3.8, 4) is 23.0 Å². The zero-order chi connectivity index (χ0) is 21.9. The van der Waals surface area contributed by atoms with E-state index in [4.69, 9.17) is 0 Å². The maximum absolute atomic E-state index is 12.7. The van der Waals surface area contributed by atoms with Crippen LogP contribution in [0.25, 0.3) is 0 Å². The van der Waals surface area contributed by atoms with E-state index >= 15 is 0 Å². The van der Waals surface area contributed by atoms with E-state index in [9.17, 15) is 49.7 Å². The van der Waals surface area contributed by atoms with E-state index in [2.05, 4.69) is 0 Å². The number of phenols is 4. The molecule has 2 atom stereocenters. The first-order valence-corrected chi connectivity index (χ1v) is 10.2. The molecular formula is C18H19O10P. The molecule has 156 valence electrons. The number of hydrogen-bond acceptors (Lipinski definition) is 7. The van der Waals surface area contributed by atoms with E-state index in [0.29, 0.717) is 0 Å². The van der Waals surface area contributed by atoms with Crippen LogP contribution in [0.3, 0.4) is 0 Å². The quantitative estimate of drug-likeness (QED) is 0.242. The van der Waals surface area contributed by atoms with Crippen LogP contribution in [-0.4, -0.2) is 59.8 Å². The standard InChI is InChI=1S/C18H19O10P/c19-13-3-1-9(5-15(13)21)11(17(23)24)7-29(27,28)8-12(18(25)26)10-2-4-14(20)16(22)6-10/h1-6,11-12,19-22H,7-8H2,(H,23,24)(H,25,26)(H,27,28). The molecule has 0 radical (unpaired) electrons. The minimum absolute atomic E-state index is 0.0452. The molecular weight excluding hydrogens is 407 g/mol. The molecule has 29 heavy (non-hydrogen) atoms. The van der Waals surface area contributed by atoms with Crippen molar-refractivity contribution in [1.82, 2.24) is 0 Å². The highest BCUT2D eigenvalue weighted by atomic mass is 31.2. The van der Waals surface area contributed by atoms with Gasteiger partial charge < -0.3 is 35.5 Å². The van der Waals surface area contributed by atoms with Gasteiger partial charge in [-0.2, -0.15) is 0 Å². The molecule has 2 rings (SSSR count). The molecule has 0 aliphatic carbocycles. The van der Waals surface area contributed by atoms with Gasteiger partial charge in [0.1, 0.15) is 0 Å². The van der Waals surface area contributed by atoms with Crippen LogP contribution < -0.4 is 0 Å². The van der Waals surface area contributed by atoms with E-state index in [-0.39, 0.29) is 11.1 Å². The van der Waals surface area contributed by atoms with Crippen molar-refractivity contribution in [2.24, 2.45) is 0 Å². The van der Waals surface area contributed by atoms with Gasteiger partial charge in [0, 0.05) is 12.3 Å². The van der Waals surface area contributed by atoms with Gasteiger partial charge in [0.2, 0.25) is 7.37 Å². The van der Waals surface area contributed by atoms with Crippen LogP contribution in [0, 0.1) is 0 Å². The Morgan fingerprint density at radius 1 is 0.724 bits per heavy atom. The molecule has 0 bridgehead atoms. The highest BCUT2D eigenvalue weighted by Gasteiger charge is 2.35. The Bertz CT molecular complexity index is 911. The molecule has 0 amide bonds. The topological polar surface area (TPSA) is 193 Å². The van der Waals surface area contributed by atoms with Crippen LogP contribution in [0.5, 0.6) is 23.0 Å². The monoisotopic (exact) mass is 426 g/mol. The lowest BCUT2D eigenvalue weighted by Crippen LogP contribution is -2.21. The van der Waals surface area contributed by atoms with Crippen LogP contribution >= 0.6 is 7.37 Å². The molecule has 0 fully saturated rings. The molecule has 2 aromatic carbocycles. The van der Waals surface area contributed by atoms with Crippen molar-refractivity contribution in [2.75, 3.05) is 12.3 Å². The lowest BCUT2D eigenvalue weighted by Gasteiger charge is -2.21. The largest absolute Gasteiger partial charge is 0.504 e. The third-order valence-corrected chi connectivity index (χ3v) is 6.21. The summed E-state index contributed by atoms with van der Waals surface area (Å²) >= 11 is 0. The molecule has 10 nitrogen and oxygen atoms in total. The van der Waals surface area contributed by atoms with Gasteiger partial charge in [-0.05, 0) is 35.4 Å². The van der Waals surface area contributed by atoms with E-state index in [1.54, 1.807) is 0 Å². The summed E-state index contributed by atoms with van der Waals surface area (Å²) in [6.45, 7) is 0. The van der Waals surface area contributed by atoms with E-state index in [1.165, 1.54) is 12.1 Å². The Morgan fingerprint density at radius 3 is 1.34 bits per heavy atom. The number of carboxylic acids is 2. The summed E-state index contributed by atoms with van der Waals surface area (Å²) in [5, 5.41) is 56.6. The summed E-state index contributed by atoms with van der Waals surface area (Å²) in [5.74, 6) is -8.24. The molecule has 7 N–H and O–H groups in total. The number of carboxylic acid groups (broad SMARTS) is 2. The fourth-order valence-corrected chi connectivity index (χ4v) is 4.84. The molecule has 2 unspecified atom stereocenters. The zero-order valence-corrected chi connectivity index (χ0v) is 15.7. The van der Waals surface area contributed by atoms with Gasteiger partial charge in [0.15, 0.2) is 23.0 Å². The first-order valence-electron chi connectivity index (χ1n) is 8.21. The van der Waals surface area contributed by atoms with Crippen molar-refractivity contribution in [3.05, 3.63) is 47.5 Å². The molecule has 2 aromatic rings. The Balaban J connectivity index is 2.31. The smallest absolute Gasteiger partial charge is 0.311 e. The van der Waals surface area contributed by atoms with Crippen LogP contribution in [0.1, 0.15) is 23.0 Å². The second kappa shape index (κ2) is 8.42. The van der Waals surface area contributed by atoms with Gasteiger partial charge in [-0.3, -0.25) is 14.2 Å². The molecule has 0 spiro atoms. The van der Waals surface area contributed by atoms with Gasteiger partial charge in [-0.25, -0.2) is 0 Å². The highest BCUT2D eigenvalue weighted by Crippen LogP contribution is 2.49. The van der Waals surface area contributed by atoms with Crippen molar-refractivity contribution < 1.29 is 49.7 Å². The number of hydrogen-bond donors (Lipinski definition) is 7. The maximum Gasteiger partial charge on any atom is 0.311 e. The Morgan fingerprint density at radius 2 is 1.07 bits per heavy atom. The number of rotatable bonds is 8. The Kier molecular flexibility index (Phi) is 6.41. The van der Waals surface area contributed by atoms with Crippen LogP contribution in [0.4, 0.5) is 0 Å². The Hall–Kier alpha value is -3.23. The Labute approximate surface area is 164 Å². The highest BCUT2D eigenvalue weighted by molar-refractivity contribution is 7.58. The molecule has 0 aliphatic rings. The van der Waals surface area contributed by atoms with E-state index in [0.717, 1.165) is 24.3 Å². The minimum atomic E-state index is -4.35. The van der Waals surface area contributed by atoms with Gasteiger partial charge in [0.25, 0.3) is 0 Å². The second-order valence-electron chi connectivity index (χ2n) is 6.49. The number of carbonyl (C=O) groups is 2. The third-order valence-electron chi connectivity index (χ3n) is 4.34. The average molecular weight is 426 g/mol. The van der Waals surface area contributed by atoms with Gasteiger partial charge in [-0.1, -0.05) is 12.1 Å². The first-order chi connectivity index (χ1) is 13.4. The third kappa shape index (κ3) is 5.40. The summed E-state index contributed by atoms with van der Waals surface area (Å²) in [6, 6.07) is 6.28. The lowest BCUT2D eigenvalue weighted by molar-refractivity contribution is -0.139. The lowest BCUT2D eigenvalue weighted by atomic mass is 10.0. The van der Waals surface area contributed by atoms with E-state index < -0.39 is 66.5 Å². The van der Waals surface area contributed by atoms with Crippen LogP contribution in [-0.2, 0) is 14.2 Å². The van der Waals surface area contributed by atoms with Crippen molar-refractivity contribution >= 4 is 19.3 Å². The number of aliphatic carboxylic acids is 2. The summed E-state index contributed by atoms with van der Waals surface area (Å²) < 4.78 is 12.7. The minimum Gasteiger partial charge on any atom is -0.504 e. The van der Waals surface area contributed by atoms with E-state index in [1.807, 2.05) is 0 Å². The molecule has 0 saturated heterocycles. The average Bonchev–Trinajstić information content (AvgIpc) is 2.62. The maximum atomic E-state index is 12.7. The molecule has 0 aliphatic heterocycles. The zero-order valence-electron chi connectivity index (χ0n) is 14.8. The molecule has 0 aromatic heterocycles. The van der Waals surface area contributed by atoms with Crippen molar-refractivity contribution in [1.29, 1.82) is 0 Å². The number of aromatic hydroxyl groups is 4. The predicted molar refractivity (Wildman–Crippen MR) is 99.9 cm³/mol. The second-order valence-corrected chi connectivity index (χ2v) is 8.91. The normalized spacial score (nSPS) is 15.2. The van der Waals surface area contributed by atoms with Crippen molar-refractivity contribution in [2.45, 2.75) is 11.8 Å². The fraction of sp³-hybridized carbons (Fsp3) is 0.222. The SMILES string of the molecule is O=C(O)C(CP(=O)(O)CC(C(=O)O)c1ccc(O)c(O)c1)c1ccc(O)c(O)c1. The molecule has 11 heteroatoms. The summed E-state index contributed by atoms with van der Waals surface area (Å²) in [4.78, 5) is 33.5. The van der Waals surface area contributed by atoms with Crippen LogP contribution in [0.2, 0.25) is 0 Å². The summed E-state index contributed by atoms with van der Waals surface area (Å²) in [6.07, 6.45) is -1.64. The van der Waals surface area contributed by atoms with Gasteiger partial charge in [-0.15, -0.1) is 0 Å². The number of benzene rings is 2. The van der Waals surface area contributed by atoms with Crippen LogP contribution in [0.15, 0.2) is 36.4 Å². The summed E-state index contributed by atoms with van der Waals surface area (Å²) in [5.41, 5.74) is -0.0903. The van der Waals surface area contributed by atoms with Gasteiger partial charge in [0.05, 0.1) is 11.8 Å². The molecule has 0 heterocycles.